The van der Waals surface area contributed by atoms with Crippen molar-refractivity contribution in [3.63, 3.8) is 0 Å². The average Bonchev–Trinajstić information content (AvgIpc) is 2.85. The molecular weight excluding hydrogens is 194 g/mol. The highest BCUT2D eigenvalue weighted by atomic mass is 16.5. The van der Waals surface area contributed by atoms with Crippen molar-refractivity contribution in [1.29, 1.82) is 0 Å². The zero-order valence-electron chi connectivity index (χ0n) is 9.19. The minimum absolute atomic E-state index is 0.170. The summed E-state index contributed by atoms with van der Waals surface area (Å²) in [5.74, 6) is 1.13. The molecule has 5 heteroatoms. The smallest absolute Gasteiger partial charge is 0.243 e. The van der Waals surface area contributed by atoms with Crippen molar-refractivity contribution in [3.05, 3.63) is 11.7 Å². The van der Waals surface area contributed by atoms with Gasteiger partial charge in [-0.15, -0.1) is 0 Å². The maximum atomic E-state index is 5.81. The first-order chi connectivity index (χ1) is 7.15. The molecular formula is C10H17N3O2. The molecule has 0 saturated carbocycles. The Balaban J connectivity index is 2.19. The number of hydrogen-bond acceptors (Lipinski definition) is 5. The summed E-state index contributed by atoms with van der Waals surface area (Å²) in [5, 5.41) is 3.95. The van der Waals surface area contributed by atoms with E-state index in [9.17, 15) is 0 Å². The third kappa shape index (κ3) is 1.89. The van der Waals surface area contributed by atoms with Gasteiger partial charge in [-0.05, 0) is 26.2 Å². The van der Waals surface area contributed by atoms with Crippen LogP contribution < -0.4 is 5.73 Å². The van der Waals surface area contributed by atoms with Gasteiger partial charge in [0.1, 0.15) is 5.60 Å². The Morgan fingerprint density at radius 3 is 3.00 bits per heavy atom. The second kappa shape index (κ2) is 3.90. The lowest BCUT2D eigenvalue weighted by Crippen LogP contribution is -2.22. The molecule has 2 N–H and O–H groups in total. The largest absolute Gasteiger partial charge is 0.367 e. The van der Waals surface area contributed by atoms with Gasteiger partial charge in [-0.25, -0.2) is 0 Å². The monoisotopic (exact) mass is 211 g/mol. The molecule has 0 radical (unpaired) electrons. The Hall–Kier alpha value is -0.940. The molecule has 2 rings (SSSR count). The van der Waals surface area contributed by atoms with Gasteiger partial charge in [0.05, 0.1) is 6.04 Å². The van der Waals surface area contributed by atoms with E-state index in [0.29, 0.717) is 11.7 Å². The Morgan fingerprint density at radius 2 is 2.40 bits per heavy atom. The third-order valence-electron chi connectivity index (χ3n) is 2.89. The maximum Gasteiger partial charge on any atom is 0.243 e. The highest BCUT2D eigenvalue weighted by molar-refractivity contribution is 5.02. The van der Waals surface area contributed by atoms with Crippen LogP contribution in [0.1, 0.15) is 50.9 Å². The van der Waals surface area contributed by atoms with E-state index in [4.69, 9.17) is 15.0 Å². The zero-order chi connectivity index (χ0) is 10.9. The third-order valence-corrected chi connectivity index (χ3v) is 2.89. The SMILES string of the molecule is CC[C@@H](N)c1nc(C2(C)CCCO2)no1. The molecule has 0 bridgehead atoms. The first-order valence-corrected chi connectivity index (χ1v) is 5.39. The quantitative estimate of drug-likeness (QED) is 0.820. The molecule has 0 aromatic carbocycles. The van der Waals surface area contributed by atoms with Crippen LogP contribution in [-0.4, -0.2) is 16.7 Å². The molecule has 2 atom stereocenters. The van der Waals surface area contributed by atoms with Crippen LogP contribution in [0.15, 0.2) is 4.52 Å². The van der Waals surface area contributed by atoms with Gasteiger partial charge >= 0.3 is 0 Å². The van der Waals surface area contributed by atoms with Gasteiger partial charge < -0.3 is 15.0 Å². The fraction of sp³-hybridized carbons (Fsp3) is 0.800. The van der Waals surface area contributed by atoms with Crippen LogP contribution in [0.2, 0.25) is 0 Å². The Morgan fingerprint density at radius 1 is 1.60 bits per heavy atom. The highest BCUT2D eigenvalue weighted by Gasteiger charge is 2.36. The average molecular weight is 211 g/mol. The van der Waals surface area contributed by atoms with Crippen LogP contribution in [0, 0.1) is 0 Å². The summed E-state index contributed by atoms with van der Waals surface area (Å²) in [4.78, 5) is 4.31. The Kier molecular flexibility index (Phi) is 2.75. The lowest BCUT2D eigenvalue weighted by Gasteiger charge is -2.17. The van der Waals surface area contributed by atoms with E-state index >= 15 is 0 Å². The lowest BCUT2D eigenvalue weighted by atomic mass is 10.0. The Bertz CT molecular complexity index is 331. The zero-order valence-corrected chi connectivity index (χ0v) is 9.19. The molecule has 1 aromatic rings. The van der Waals surface area contributed by atoms with Crippen LogP contribution in [0.5, 0.6) is 0 Å². The van der Waals surface area contributed by atoms with E-state index in [0.717, 1.165) is 25.9 Å². The molecule has 1 aliphatic rings. The normalized spacial score (nSPS) is 28.2. The van der Waals surface area contributed by atoms with Crippen molar-refractivity contribution in [2.75, 3.05) is 6.61 Å². The fourth-order valence-corrected chi connectivity index (χ4v) is 1.73. The highest BCUT2D eigenvalue weighted by Crippen LogP contribution is 2.33. The molecule has 0 amide bonds. The fourth-order valence-electron chi connectivity index (χ4n) is 1.73. The summed E-state index contributed by atoms with van der Waals surface area (Å²) < 4.78 is 10.8. The number of nitrogens with two attached hydrogens (primary N) is 1. The van der Waals surface area contributed by atoms with Crippen molar-refractivity contribution in [3.8, 4) is 0 Å². The molecule has 84 valence electrons. The van der Waals surface area contributed by atoms with E-state index < -0.39 is 0 Å². The molecule has 0 spiro atoms. The van der Waals surface area contributed by atoms with Gasteiger partial charge in [0, 0.05) is 6.61 Å². The minimum atomic E-state index is -0.380. The van der Waals surface area contributed by atoms with E-state index in [1.54, 1.807) is 0 Å². The number of rotatable bonds is 3. The van der Waals surface area contributed by atoms with Gasteiger partial charge in [0.2, 0.25) is 11.7 Å². The van der Waals surface area contributed by atoms with Crippen LogP contribution in [0.25, 0.3) is 0 Å². The number of ether oxygens (including phenoxy) is 1. The van der Waals surface area contributed by atoms with Crippen LogP contribution in [-0.2, 0) is 10.3 Å². The molecule has 1 saturated heterocycles. The summed E-state index contributed by atoms with van der Waals surface area (Å²) in [6.45, 7) is 4.74. The first kappa shape index (κ1) is 10.6. The van der Waals surface area contributed by atoms with Gasteiger partial charge in [0.15, 0.2) is 0 Å². The summed E-state index contributed by atoms with van der Waals surface area (Å²) in [7, 11) is 0. The Labute approximate surface area is 89.0 Å². The van der Waals surface area contributed by atoms with Crippen LogP contribution >= 0.6 is 0 Å². The minimum Gasteiger partial charge on any atom is -0.367 e. The molecule has 1 aliphatic heterocycles. The summed E-state index contributed by atoms with van der Waals surface area (Å²) >= 11 is 0. The van der Waals surface area contributed by atoms with Gasteiger partial charge in [-0.1, -0.05) is 12.1 Å². The van der Waals surface area contributed by atoms with Crippen LogP contribution in [0.3, 0.4) is 0 Å². The van der Waals surface area contributed by atoms with Crippen molar-refractivity contribution in [1.82, 2.24) is 10.1 Å². The van der Waals surface area contributed by atoms with E-state index in [1.165, 1.54) is 0 Å². The van der Waals surface area contributed by atoms with E-state index in [-0.39, 0.29) is 11.6 Å². The molecule has 1 unspecified atom stereocenters. The summed E-state index contributed by atoms with van der Waals surface area (Å²) in [6.07, 6.45) is 2.77. The molecule has 15 heavy (non-hydrogen) atoms. The second-order valence-corrected chi connectivity index (χ2v) is 4.15. The van der Waals surface area contributed by atoms with Crippen molar-refractivity contribution >= 4 is 0 Å². The van der Waals surface area contributed by atoms with Crippen molar-refractivity contribution in [2.24, 2.45) is 5.73 Å². The van der Waals surface area contributed by atoms with Gasteiger partial charge in [-0.2, -0.15) is 4.98 Å². The maximum absolute atomic E-state index is 5.81. The van der Waals surface area contributed by atoms with Crippen LogP contribution in [0.4, 0.5) is 0 Å². The molecule has 5 nitrogen and oxygen atoms in total. The van der Waals surface area contributed by atoms with Gasteiger partial charge in [0.25, 0.3) is 0 Å². The van der Waals surface area contributed by atoms with E-state index in [2.05, 4.69) is 10.1 Å². The first-order valence-electron chi connectivity index (χ1n) is 5.39. The predicted octanol–water partition coefficient (Wildman–Crippen LogP) is 1.50. The second-order valence-electron chi connectivity index (χ2n) is 4.15. The predicted molar refractivity (Wildman–Crippen MR) is 54.1 cm³/mol. The number of nitrogens with zero attached hydrogens (tertiary/aromatic N) is 2. The standard InChI is InChI=1S/C10H17N3O2/c1-3-7(11)8-12-9(13-15-8)10(2)5-4-6-14-10/h7H,3-6,11H2,1-2H3/t7-,10?/m1/s1. The topological polar surface area (TPSA) is 74.2 Å². The van der Waals surface area contributed by atoms with E-state index in [1.807, 2.05) is 13.8 Å². The lowest BCUT2D eigenvalue weighted by molar-refractivity contribution is 0.00768. The van der Waals surface area contributed by atoms with Crippen molar-refractivity contribution < 1.29 is 9.26 Å². The molecule has 0 aliphatic carbocycles. The van der Waals surface area contributed by atoms with Crippen molar-refractivity contribution in [2.45, 2.75) is 44.8 Å². The van der Waals surface area contributed by atoms with Gasteiger partial charge in [-0.3, -0.25) is 0 Å². The number of hydrogen-bond donors (Lipinski definition) is 1. The summed E-state index contributed by atoms with van der Waals surface area (Å²) in [6, 6.07) is -0.170. The number of aromatic nitrogens is 2. The molecule has 1 fully saturated rings. The molecule has 2 heterocycles. The molecule has 1 aromatic heterocycles. The summed E-state index contributed by atoms with van der Waals surface area (Å²) in [5.41, 5.74) is 5.43.